The average molecular weight is 549 g/mol. The molecule has 3 aromatic rings. The van der Waals surface area contributed by atoms with Crippen LogP contribution in [0.1, 0.15) is 44.1 Å². The van der Waals surface area contributed by atoms with Crippen LogP contribution in [0.3, 0.4) is 0 Å². The van der Waals surface area contributed by atoms with Crippen LogP contribution in [0.15, 0.2) is 64.5 Å². The summed E-state index contributed by atoms with van der Waals surface area (Å²) >= 11 is 1.30. The molecule has 2 fully saturated rings. The quantitative estimate of drug-likeness (QED) is 0.294. The normalized spacial score (nSPS) is 21.1. The number of amides is 2. The topological polar surface area (TPSA) is 102 Å². The van der Waals surface area contributed by atoms with Gasteiger partial charge in [-0.2, -0.15) is 0 Å². The minimum Gasteiger partial charge on any atom is -0.376 e. The Hall–Kier alpha value is -3.17. The number of hydrogen-bond acceptors (Lipinski definition) is 6. The van der Waals surface area contributed by atoms with Gasteiger partial charge in [0.15, 0.2) is 5.16 Å². The molecule has 9 heteroatoms. The van der Waals surface area contributed by atoms with Crippen LogP contribution in [0, 0.1) is 11.8 Å². The summed E-state index contributed by atoms with van der Waals surface area (Å²) in [6.45, 7) is 2.38. The van der Waals surface area contributed by atoms with Crippen LogP contribution in [0.25, 0.3) is 10.9 Å². The number of carbonyl (C=O) groups is 2. The van der Waals surface area contributed by atoms with Crippen molar-refractivity contribution in [3.05, 3.63) is 70.5 Å². The summed E-state index contributed by atoms with van der Waals surface area (Å²) in [7, 11) is 0. The summed E-state index contributed by atoms with van der Waals surface area (Å²) in [5.41, 5.74) is 1.59. The number of thioether (sulfide) groups is 1. The number of fused-ring (bicyclic) bond motifs is 1. The predicted molar refractivity (Wildman–Crippen MR) is 152 cm³/mol. The molecule has 1 aliphatic heterocycles. The summed E-state index contributed by atoms with van der Waals surface area (Å²) in [4.78, 5) is 43.5. The first-order valence-electron chi connectivity index (χ1n) is 13.9. The summed E-state index contributed by atoms with van der Waals surface area (Å²) in [6, 6.07) is 17.1. The second kappa shape index (κ2) is 13.3. The van der Waals surface area contributed by atoms with Crippen LogP contribution in [0.5, 0.6) is 0 Å². The van der Waals surface area contributed by atoms with Crippen molar-refractivity contribution in [2.75, 3.05) is 18.9 Å². The Kier molecular flexibility index (Phi) is 9.32. The summed E-state index contributed by atoms with van der Waals surface area (Å²) in [5.74, 6) is 0.476. The molecule has 1 saturated carbocycles. The Morgan fingerprint density at radius 3 is 2.51 bits per heavy atom. The van der Waals surface area contributed by atoms with Gasteiger partial charge in [0.1, 0.15) is 0 Å². The first-order chi connectivity index (χ1) is 19.1. The Labute approximate surface area is 232 Å². The van der Waals surface area contributed by atoms with E-state index in [0.29, 0.717) is 35.7 Å². The number of para-hydroxylation sites is 1. The Balaban J connectivity index is 1.20. The van der Waals surface area contributed by atoms with E-state index in [1.165, 1.54) is 11.8 Å². The SMILES string of the molecule is O=C(CSc1nc2ccccc2c(=O)n1CC1CCC(C(=O)NC[C@H]2CCCO2)CC1)NCc1ccccc1. The van der Waals surface area contributed by atoms with Crippen LogP contribution >= 0.6 is 11.8 Å². The molecule has 0 radical (unpaired) electrons. The molecule has 2 amide bonds. The van der Waals surface area contributed by atoms with Gasteiger partial charge in [-0.05, 0) is 62.1 Å². The van der Waals surface area contributed by atoms with Gasteiger partial charge in [0.25, 0.3) is 5.56 Å². The van der Waals surface area contributed by atoms with Crippen LogP contribution in [-0.4, -0.2) is 46.4 Å². The molecule has 1 aromatic heterocycles. The Bertz CT molecular complexity index is 1330. The lowest BCUT2D eigenvalue weighted by Crippen LogP contribution is -2.38. The molecule has 2 heterocycles. The number of nitrogens with one attached hydrogen (secondary N) is 2. The van der Waals surface area contributed by atoms with Gasteiger partial charge in [0, 0.05) is 32.2 Å². The van der Waals surface area contributed by atoms with E-state index in [9.17, 15) is 14.4 Å². The van der Waals surface area contributed by atoms with E-state index < -0.39 is 0 Å². The third-order valence-corrected chi connectivity index (χ3v) is 8.65. The molecule has 39 heavy (non-hydrogen) atoms. The molecule has 1 aliphatic carbocycles. The van der Waals surface area contributed by atoms with E-state index in [-0.39, 0.29) is 41.1 Å². The van der Waals surface area contributed by atoms with Crippen molar-refractivity contribution < 1.29 is 14.3 Å². The van der Waals surface area contributed by atoms with E-state index in [1.807, 2.05) is 48.5 Å². The molecule has 2 aliphatic rings. The summed E-state index contributed by atoms with van der Waals surface area (Å²) < 4.78 is 7.35. The summed E-state index contributed by atoms with van der Waals surface area (Å²) in [6.07, 6.45) is 5.58. The minimum absolute atomic E-state index is 0.0104. The number of benzene rings is 2. The fraction of sp³-hybridized carbons (Fsp3) is 0.467. The van der Waals surface area contributed by atoms with Crippen LogP contribution < -0.4 is 16.2 Å². The van der Waals surface area contributed by atoms with E-state index in [2.05, 4.69) is 10.6 Å². The average Bonchev–Trinajstić information content (AvgIpc) is 3.50. The van der Waals surface area contributed by atoms with Crippen LogP contribution in [0.4, 0.5) is 0 Å². The van der Waals surface area contributed by atoms with E-state index in [1.54, 1.807) is 10.6 Å². The van der Waals surface area contributed by atoms with E-state index in [4.69, 9.17) is 9.72 Å². The lowest BCUT2D eigenvalue weighted by atomic mass is 9.81. The molecule has 2 N–H and O–H groups in total. The number of carbonyl (C=O) groups excluding carboxylic acids is 2. The zero-order valence-corrected chi connectivity index (χ0v) is 23.0. The Morgan fingerprint density at radius 1 is 0.974 bits per heavy atom. The highest BCUT2D eigenvalue weighted by atomic mass is 32.2. The van der Waals surface area contributed by atoms with E-state index in [0.717, 1.165) is 50.7 Å². The van der Waals surface area contributed by atoms with Crippen LogP contribution in [-0.2, 0) is 27.4 Å². The van der Waals surface area contributed by atoms with Gasteiger partial charge in [0.2, 0.25) is 11.8 Å². The van der Waals surface area contributed by atoms with Crippen molar-refractivity contribution >= 4 is 34.5 Å². The molecule has 2 aromatic carbocycles. The van der Waals surface area contributed by atoms with Crippen molar-refractivity contribution in [1.82, 2.24) is 20.2 Å². The maximum absolute atomic E-state index is 13.5. The van der Waals surface area contributed by atoms with E-state index >= 15 is 0 Å². The van der Waals surface area contributed by atoms with Crippen molar-refractivity contribution in [3.63, 3.8) is 0 Å². The van der Waals surface area contributed by atoms with Gasteiger partial charge in [-0.25, -0.2) is 4.98 Å². The highest BCUT2D eigenvalue weighted by molar-refractivity contribution is 7.99. The number of rotatable bonds is 10. The molecule has 5 rings (SSSR count). The highest BCUT2D eigenvalue weighted by Crippen LogP contribution is 2.31. The molecule has 0 spiro atoms. The fourth-order valence-corrected chi connectivity index (χ4v) is 6.26. The van der Waals surface area contributed by atoms with Crippen LogP contribution in [0.2, 0.25) is 0 Å². The standard InChI is InChI=1S/C30H36N4O4S/c35-27(31-17-21-7-2-1-3-8-21)20-39-30-33-26-11-5-4-10-25(26)29(37)34(30)19-22-12-14-23(15-13-22)28(36)32-18-24-9-6-16-38-24/h1-5,7-8,10-11,22-24H,6,9,12-20H2,(H,31,35)(H,32,36)/t22?,23?,24-/m1/s1. The summed E-state index contributed by atoms with van der Waals surface area (Å²) in [5, 5.41) is 7.16. The maximum atomic E-state index is 13.5. The first-order valence-corrected chi connectivity index (χ1v) is 14.9. The van der Waals surface area contributed by atoms with Gasteiger partial charge in [-0.15, -0.1) is 0 Å². The fourth-order valence-electron chi connectivity index (χ4n) is 5.43. The molecule has 0 bridgehead atoms. The van der Waals surface area contributed by atoms with Crippen molar-refractivity contribution in [3.8, 4) is 0 Å². The largest absolute Gasteiger partial charge is 0.376 e. The molecule has 0 unspecified atom stereocenters. The second-order valence-corrected chi connectivity index (χ2v) is 11.4. The Morgan fingerprint density at radius 2 is 1.74 bits per heavy atom. The monoisotopic (exact) mass is 548 g/mol. The maximum Gasteiger partial charge on any atom is 0.262 e. The molecule has 206 valence electrons. The molecular weight excluding hydrogens is 512 g/mol. The molecule has 1 atom stereocenters. The third-order valence-electron chi connectivity index (χ3n) is 7.68. The van der Waals surface area contributed by atoms with Crippen molar-refractivity contribution in [1.29, 1.82) is 0 Å². The minimum atomic E-state index is -0.104. The number of hydrogen-bond donors (Lipinski definition) is 2. The molecule has 8 nitrogen and oxygen atoms in total. The van der Waals surface area contributed by atoms with Gasteiger partial charge < -0.3 is 15.4 Å². The van der Waals surface area contributed by atoms with Gasteiger partial charge >= 0.3 is 0 Å². The first kappa shape index (κ1) is 27.4. The van der Waals surface area contributed by atoms with Gasteiger partial charge in [-0.1, -0.05) is 54.2 Å². The second-order valence-electron chi connectivity index (χ2n) is 10.5. The van der Waals surface area contributed by atoms with Gasteiger partial charge in [-0.3, -0.25) is 19.0 Å². The highest BCUT2D eigenvalue weighted by Gasteiger charge is 2.28. The van der Waals surface area contributed by atoms with Crippen molar-refractivity contribution in [2.45, 2.75) is 62.9 Å². The molecular formula is C30H36N4O4S. The lowest BCUT2D eigenvalue weighted by Gasteiger charge is -2.29. The predicted octanol–water partition coefficient (Wildman–Crippen LogP) is 3.91. The zero-order valence-electron chi connectivity index (χ0n) is 22.1. The third kappa shape index (κ3) is 7.28. The van der Waals surface area contributed by atoms with Gasteiger partial charge in [0.05, 0.1) is 22.8 Å². The number of aromatic nitrogens is 2. The number of ether oxygens (including phenoxy) is 1. The number of nitrogens with zero attached hydrogens (tertiary/aromatic N) is 2. The smallest absolute Gasteiger partial charge is 0.262 e. The molecule has 1 saturated heterocycles. The zero-order chi connectivity index (χ0) is 27.0. The van der Waals surface area contributed by atoms with Crippen molar-refractivity contribution in [2.24, 2.45) is 11.8 Å². The lowest BCUT2D eigenvalue weighted by molar-refractivity contribution is -0.126.